The lowest BCUT2D eigenvalue weighted by atomic mass is 10.3. The second kappa shape index (κ2) is 8.51. The second-order valence-corrected chi connectivity index (χ2v) is 2.79. The molecular weight excluding hydrogens is 154 g/mol. The molecule has 0 amide bonds. The third-order valence-electron chi connectivity index (χ3n) is 1.26. The molecule has 0 aromatic rings. The molecule has 3 heteroatoms. The predicted molar refractivity (Wildman–Crippen MR) is 46.8 cm³/mol. The number of rotatable bonds is 7. The molecule has 0 unspecified atom stereocenters. The molecule has 0 aliphatic carbocycles. The Labute approximate surface area is 74.3 Å². The molecule has 12 heavy (non-hydrogen) atoms. The van der Waals surface area contributed by atoms with Crippen molar-refractivity contribution in [2.45, 2.75) is 32.8 Å². The first-order valence-electron chi connectivity index (χ1n) is 4.33. The third kappa shape index (κ3) is 9.41. The Hall–Kier alpha value is -0.590. The Morgan fingerprint density at radius 3 is 2.58 bits per heavy atom. The minimum Gasteiger partial charge on any atom is -0.379 e. The topological polar surface area (TPSA) is 42.2 Å². The summed E-state index contributed by atoms with van der Waals surface area (Å²) in [5.41, 5.74) is 0. The average molecular weight is 171 g/mol. The molecular formula is C9H17NO2. The van der Waals surface area contributed by atoms with Crippen molar-refractivity contribution in [3.8, 4) is 6.07 Å². The van der Waals surface area contributed by atoms with Crippen molar-refractivity contribution in [1.82, 2.24) is 0 Å². The number of hydrogen-bond acceptors (Lipinski definition) is 3. The standard InChI is InChI=1S/C9H17NO2/c1-9(2)12-8-7-11-6-4-3-5-10/h9H,3-4,6-8H2,1-2H3. The van der Waals surface area contributed by atoms with E-state index >= 15 is 0 Å². The first-order valence-corrected chi connectivity index (χ1v) is 4.33. The van der Waals surface area contributed by atoms with Gasteiger partial charge in [-0.1, -0.05) is 0 Å². The van der Waals surface area contributed by atoms with Gasteiger partial charge in [-0.05, 0) is 20.3 Å². The summed E-state index contributed by atoms with van der Waals surface area (Å²) in [5.74, 6) is 0. The van der Waals surface area contributed by atoms with Crippen molar-refractivity contribution in [1.29, 1.82) is 5.26 Å². The highest BCUT2D eigenvalue weighted by Gasteiger charge is 1.92. The maximum Gasteiger partial charge on any atom is 0.0703 e. The van der Waals surface area contributed by atoms with Crippen LogP contribution in [0.15, 0.2) is 0 Å². The fraction of sp³-hybridized carbons (Fsp3) is 0.889. The fourth-order valence-corrected chi connectivity index (χ4v) is 0.698. The van der Waals surface area contributed by atoms with Gasteiger partial charge in [0.1, 0.15) is 0 Å². The minimum absolute atomic E-state index is 0.271. The maximum atomic E-state index is 8.21. The van der Waals surface area contributed by atoms with Crippen molar-refractivity contribution in [3.63, 3.8) is 0 Å². The first-order chi connectivity index (χ1) is 5.77. The molecule has 0 heterocycles. The minimum atomic E-state index is 0.271. The molecule has 0 rings (SSSR count). The summed E-state index contributed by atoms with van der Waals surface area (Å²) in [6.07, 6.45) is 1.66. The number of ether oxygens (including phenoxy) is 2. The van der Waals surface area contributed by atoms with E-state index in [9.17, 15) is 0 Å². The molecule has 70 valence electrons. The largest absolute Gasteiger partial charge is 0.379 e. The van der Waals surface area contributed by atoms with Gasteiger partial charge in [-0.15, -0.1) is 0 Å². The maximum absolute atomic E-state index is 8.21. The Morgan fingerprint density at radius 1 is 1.25 bits per heavy atom. The van der Waals surface area contributed by atoms with E-state index in [1.807, 2.05) is 13.8 Å². The summed E-state index contributed by atoms with van der Waals surface area (Å²) in [5, 5.41) is 8.21. The zero-order valence-electron chi connectivity index (χ0n) is 7.88. The zero-order chi connectivity index (χ0) is 9.23. The Morgan fingerprint density at radius 2 is 2.00 bits per heavy atom. The van der Waals surface area contributed by atoms with Gasteiger partial charge in [-0.25, -0.2) is 0 Å². The highest BCUT2D eigenvalue weighted by atomic mass is 16.5. The molecule has 0 atom stereocenters. The molecule has 0 aromatic heterocycles. The van der Waals surface area contributed by atoms with Crippen molar-refractivity contribution >= 4 is 0 Å². The van der Waals surface area contributed by atoms with E-state index in [2.05, 4.69) is 6.07 Å². The van der Waals surface area contributed by atoms with Crippen molar-refractivity contribution < 1.29 is 9.47 Å². The lowest BCUT2D eigenvalue weighted by molar-refractivity contribution is 0.0192. The van der Waals surface area contributed by atoms with E-state index in [1.54, 1.807) is 0 Å². The summed E-state index contributed by atoms with van der Waals surface area (Å²) in [6.45, 7) is 5.92. The molecule has 0 N–H and O–H groups in total. The van der Waals surface area contributed by atoms with Crippen molar-refractivity contribution in [2.75, 3.05) is 19.8 Å². The lowest BCUT2D eigenvalue weighted by Gasteiger charge is -2.07. The summed E-state index contributed by atoms with van der Waals surface area (Å²) >= 11 is 0. The van der Waals surface area contributed by atoms with E-state index in [4.69, 9.17) is 14.7 Å². The van der Waals surface area contributed by atoms with Gasteiger partial charge in [0.25, 0.3) is 0 Å². The molecule has 3 nitrogen and oxygen atoms in total. The SMILES string of the molecule is CC(C)OCCOCCCC#N. The van der Waals surface area contributed by atoms with Crippen LogP contribution in [0.3, 0.4) is 0 Å². The highest BCUT2D eigenvalue weighted by Crippen LogP contribution is 1.90. The average Bonchev–Trinajstić information content (AvgIpc) is 2.02. The second-order valence-electron chi connectivity index (χ2n) is 2.79. The van der Waals surface area contributed by atoms with Gasteiger partial charge >= 0.3 is 0 Å². The van der Waals surface area contributed by atoms with E-state index in [1.165, 1.54) is 0 Å². The predicted octanol–water partition coefficient (Wildman–Crippen LogP) is 1.73. The van der Waals surface area contributed by atoms with Gasteiger partial charge in [-0.3, -0.25) is 0 Å². The van der Waals surface area contributed by atoms with Crippen molar-refractivity contribution in [3.05, 3.63) is 0 Å². The molecule has 0 aliphatic heterocycles. The zero-order valence-corrected chi connectivity index (χ0v) is 7.88. The van der Waals surface area contributed by atoms with Crippen LogP contribution in [0.4, 0.5) is 0 Å². The molecule has 0 radical (unpaired) electrons. The summed E-state index contributed by atoms with van der Waals surface area (Å²) < 4.78 is 10.5. The molecule has 0 saturated heterocycles. The fourth-order valence-electron chi connectivity index (χ4n) is 0.698. The van der Waals surface area contributed by atoms with Gasteiger partial charge in [0.2, 0.25) is 0 Å². The van der Waals surface area contributed by atoms with Crippen LogP contribution in [0.2, 0.25) is 0 Å². The Bertz CT molecular complexity index is 129. The van der Waals surface area contributed by atoms with Gasteiger partial charge in [0.05, 0.1) is 25.4 Å². The Kier molecular flexibility index (Phi) is 8.09. The van der Waals surface area contributed by atoms with Crippen LogP contribution >= 0.6 is 0 Å². The van der Waals surface area contributed by atoms with Crippen LogP contribution < -0.4 is 0 Å². The van der Waals surface area contributed by atoms with Crippen LogP contribution in [0.1, 0.15) is 26.7 Å². The normalized spacial score (nSPS) is 10.2. The molecule has 0 aliphatic rings. The third-order valence-corrected chi connectivity index (χ3v) is 1.26. The summed E-state index contributed by atoms with van der Waals surface area (Å²) in [7, 11) is 0. The summed E-state index contributed by atoms with van der Waals surface area (Å²) in [4.78, 5) is 0. The molecule has 0 bridgehead atoms. The van der Waals surface area contributed by atoms with E-state index in [-0.39, 0.29) is 6.10 Å². The number of nitrogens with zero attached hydrogens (tertiary/aromatic N) is 1. The summed E-state index contributed by atoms with van der Waals surface area (Å²) in [6, 6.07) is 2.07. The van der Waals surface area contributed by atoms with Crippen LogP contribution in [-0.2, 0) is 9.47 Å². The van der Waals surface area contributed by atoms with E-state index in [0.717, 1.165) is 6.42 Å². The number of hydrogen-bond donors (Lipinski definition) is 0. The van der Waals surface area contributed by atoms with Gasteiger partial charge in [-0.2, -0.15) is 5.26 Å². The highest BCUT2D eigenvalue weighted by molar-refractivity contribution is 4.67. The van der Waals surface area contributed by atoms with Gasteiger partial charge in [0.15, 0.2) is 0 Å². The van der Waals surface area contributed by atoms with Crippen LogP contribution in [-0.4, -0.2) is 25.9 Å². The first kappa shape index (κ1) is 11.4. The molecule has 0 saturated carbocycles. The Balaban J connectivity index is 2.87. The lowest BCUT2D eigenvalue weighted by Crippen LogP contribution is -2.09. The van der Waals surface area contributed by atoms with E-state index in [0.29, 0.717) is 26.2 Å². The van der Waals surface area contributed by atoms with E-state index < -0.39 is 0 Å². The van der Waals surface area contributed by atoms with Crippen LogP contribution in [0.25, 0.3) is 0 Å². The smallest absolute Gasteiger partial charge is 0.0703 e. The molecule has 0 spiro atoms. The van der Waals surface area contributed by atoms with Gasteiger partial charge < -0.3 is 9.47 Å². The van der Waals surface area contributed by atoms with Gasteiger partial charge in [0, 0.05) is 13.0 Å². The molecule has 0 fully saturated rings. The van der Waals surface area contributed by atoms with Crippen molar-refractivity contribution in [2.24, 2.45) is 0 Å². The van der Waals surface area contributed by atoms with Crippen LogP contribution in [0, 0.1) is 11.3 Å². The quantitative estimate of drug-likeness (QED) is 0.548. The monoisotopic (exact) mass is 171 g/mol. The number of nitriles is 1. The van der Waals surface area contributed by atoms with Crippen LogP contribution in [0.5, 0.6) is 0 Å². The molecule has 0 aromatic carbocycles. The number of unbranched alkanes of at least 4 members (excludes halogenated alkanes) is 1.